The minimum Gasteiger partial charge on any atom is -0.450 e. The van der Waals surface area contributed by atoms with Gasteiger partial charge >= 0.3 is 5.97 Å². The molecule has 2 aromatic rings. The molecule has 1 N–H and O–H groups in total. The predicted molar refractivity (Wildman–Crippen MR) is 118 cm³/mol. The van der Waals surface area contributed by atoms with E-state index in [2.05, 4.69) is 5.32 Å². The zero-order chi connectivity index (χ0) is 22.5. The number of benzene rings is 2. The van der Waals surface area contributed by atoms with Crippen molar-refractivity contribution in [1.29, 1.82) is 0 Å². The van der Waals surface area contributed by atoms with Crippen molar-refractivity contribution in [3.8, 4) is 0 Å². The van der Waals surface area contributed by atoms with Crippen LogP contribution in [0.5, 0.6) is 0 Å². The summed E-state index contributed by atoms with van der Waals surface area (Å²) in [5, 5.41) is 3.14. The number of ether oxygens (including phenoxy) is 4. The number of carbonyl (C=O) groups excluding carboxylic acids is 2. The average molecular weight is 455 g/mol. The van der Waals surface area contributed by atoms with Crippen LogP contribution in [0.3, 0.4) is 0 Å². The Morgan fingerprint density at radius 2 is 1.75 bits per heavy atom. The van der Waals surface area contributed by atoms with E-state index in [9.17, 15) is 9.59 Å². The van der Waals surface area contributed by atoms with E-state index in [1.54, 1.807) is 68.4 Å². The highest BCUT2D eigenvalue weighted by molar-refractivity contribution is 7.80. The van der Waals surface area contributed by atoms with Gasteiger partial charge in [-0.1, -0.05) is 36.4 Å². The van der Waals surface area contributed by atoms with Crippen LogP contribution in [0.2, 0.25) is 0 Å². The number of fused-ring (bicyclic) bond motifs is 1. The first-order valence-electron chi connectivity index (χ1n) is 10.3. The van der Waals surface area contributed by atoms with Gasteiger partial charge in [0.15, 0.2) is 17.0 Å². The molecular formula is C23H22N2O6S. The first-order chi connectivity index (χ1) is 15.3. The van der Waals surface area contributed by atoms with Crippen LogP contribution in [0.15, 0.2) is 60.7 Å². The van der Waals surface area contributed by atoms with Gasteiger partial charge in [-0.15, -0.1) is 0 Å². The largest absolute Gasteiger partial charge is 0.450 e. The van der Waals surface area contributed by atoms with E-state index in [-0.39, 0.29) is 11.7 Å². The summed E-state index contributed by atoms with van der Waals surface area (Å²) in [6.45, 7) is 3.59. The van der Waals surface area contributed by atoms with Crippen LogP contribution in [0.4, 0.5) is 5.69 Å². The highest BCUT2D eigenvalue weighted by atomic mass is 32.1. The molecular weight excluding hydrogens is 432 g/mol. The van der Waals surface area contributed by atoms with Crippen molar-refractivity contribution in [3.05, 3.63) is 66.2 Å². The summed E-state index contributed by atoms with van der Waals surface area (Å²) >= 11 is 5.48. The maximum atomic E-state index is 13.7. The molecule has 3 fully saturated rings. The number of nitrogens with one attached hydrogen (secondary N) is 1. The molecule has 2 aromatic carbocycles. The Balaban J connectivity index is 1.53. The number of rotatable bonds is 3. The highest BCUT2D eigenvalue weighted by Gasteiger charge is 2.67. The van der Waals surface area contributed by atoms with Crippen molar-refractivity contribution in [2.75, 3.05) is 11.5 Å². The summed E-state index contributed by atoms with van der Waals surface area (Å²) in [6.07, 6.45) is -2.39. The summed E-state index contributed by atoms with van der Waals surface area (Å²) in [6, 6.07) is 17.5. The van der Waals surface area contributed by atoms with E-state index in [4.69, 9.17) is 31.2 Å². The fraction of sp³-hybridized carbons (Fsp3) is 0.348. The Labute approximate surface area is 190 Å². The molecule has 3 aliphatic rings. The van der Waals surface area contributed by atoms with Crippen LogP contribution in [0.25, 0.3) is 0 Å². The quantitative estimate of drug-likeness (QED) is 0.559. The topological polar surface area (TPSA) is 86.3 Å². The summed E-state index contributed by atoms with van der Waals surface area (Å²) in [5.74, 6) is -2.01. The number of amides is 1. The number of hydrogen-bond acceptors (Lipinski definition) is 7. The number of esters is 1. The molecule has 3 heterocycles. The van der Waals surface area contributed by atoms with Gasteiger partial charge in [0, 0.05) is 0 Å². The lowest BCUT2D eigenvalue weighted by atomic mass is 9.93. The molecule has 3 aliphatic heterocycles. The number of thiocarbonyl (C=S) groups is 1. The summed E-state index contributed by atoms with van der Waals surface area (Å²) < 4.78 is 23.9. The Kier molecular flexibility index (Phi) is 5.01. The van der Waals surface area contributed by atoms with Crippen molar-refractivity contribution >= 4 is 34.9 Å². The zero-order valence-corrected chi connectivity index (χ0v) is 18.3. The molecule has 0 saturated carbocycles. The van der Waals surface area contributed by atoms with Crippen molar-refractivity contribution in [3.63, 3.8) is 0 Å². The van der Waals surface area contributed by atoms with Gasteiger partial charge < -0.3 is 24.3 Å². The summed E-state index contributed by atoms with van der Waals surface area (Å²) in [4.78, 5) is 28.1. The first-order valence-corrected chi connectivity index (χ1v) is 10.7. The van der Waals surface area contributed by atoms with Gasteiger partial charge in [-0.25, -0.2) is 4.79 Å². The molecule has 4 atom stereocenters. The summed E-state index contributed by atoms with van der Waals surface area (Å²) in [5.41, 5.74) is -0.812. The number of nitrogens with zero attached hydrogens (tertiary/aromatic N) is 1. The molecule has 5 rings (SSSR count). The van der Waals surface area contributed by atoms with Crippen LogP contribution >= 0.6 is 12.2 Å². The highest BCUT2D eigenvalue weighted by Crippen LogP contribution is 2.42. The average Bonchev–Trinajstić information content (AvgIpc) is 3.23. The second-order valence-corrected chi connectivity index (χ2v) is 8.67. The van der Waals surface area contributed by atoms with Crippen LogP contribution < -0.4 is 10.2 Å². The molecule has 0 unspecified atom stereocenters. The number of carbonyl (C=O) groups is 2. The predicted octanol–water partition coefficient (Wildman–Crippen LogP) is 2.38. The van der Waals surface area contributed by atoms with Gasteiger partial charge in [0.05, 0.1) is 17.9 Å². The maximum absolute atomic E-state index is 13.7. The zero-order valence-electron chi connectivity index (χ0n) is 17.5. The Hall–Kier alpha value is -2.85. The van der Waals surface area contributed by atoms with E-state index < -0.39 is 41.7 Å². The Morgan fingerprint density at radius 1 is 1.09 bits per heavy atom. The van der Waals surface area contributed by atoms with Crippen LogP contribution in [-0.4, -0.2) is 53.4 Å². The second-order valence-electron chi connectivity index (χ2n) is 8.28. The third-order valence-corrected chi connectivity index (χ3v) is 5.95. The fourth-order valence-corrected chi connectivity index (χ4v) is 4.65. The molecule has 1 spiro atoms. The van der Waals surface area contributed by atoms with Gasteiger partial charge in [0.1, 0.15) is 12.2 Å². The monoisotopic (exact) mass is 454 g/mol. The molecule has 0 aromatic heterocycles. The SMILES string of the molecule is CC1(C)O[C@@H]2[C@@H](CO[C@]3(NC(=S)N(c4ccccc4)C3=O)[C@H]2OC(=O)c2ccccc2)O1. The molecule has 0 bridgehead atoms. The Bertz CT molecular complexity index is 1060. The molecule has 9 heteroatoms. The number of hydrogen-bond donors (Lipinski definition) is 1. The second kappa shape index (κ2) is 7.63. The standard InChI is InChI=1S/C23H22N2O6S/c1-22(2)30-16-13-28-23(20(27)25(21(32)24-23)15-11-7-4-8-12-15)18(17(16)31-22)29-19(26)14-9-5-3-6-10-14/h3-12,16-18H,13H2,1-2H3,(H,24,32)/t16-,17-,18+,23-/m1/s1. The molecule has 1 amide bonds. The van der Waals surface area contributed by atoms with Crippen LogP contribution in [-0.2, 0) is 23.7 Å². The van der Waals surface area contributed by atoms with Crippen molar-refractivity contribution in [2.24, 2.45) is 0 Å². The molecule has 0 aliphatic carbocycles. The molecule has 32 heavy (non-hydrogen) atoms. The van der Waals surface area contributed by atoms with E-state index in [0.717, 1.165) is 0 Å². The van der Waals surface area contributed by atoms with Crippen LogP contribution in [0.1, 0.15) is 24.2 Å². The van der Waals surface area contributed by atoms with Crippen LogP contribution in [0, 0.1) is 0 Å². The number of para-hydroxylation sites is 1. The number of anilines is 1. The smallest absolute Gasteiger partial charge is 0.338 e. The lowest BCUT2D eigenvalue weighted by molar-refractivity contribution is -0.210. The normalized spacial score (nSPS) is 30.8. The van der Waals surface area contributed by atoms with E-state index >= 15 is 0 Å². The van der Waals surface area contributed by atoms with Gasteiger partial charge in [-0.05, 0) is 50.3 Å². The lowest BCUT2D eigenvalue weighted by Gasteiger charge is -2.42. The molecule has 166 valence electrons. The molecule has 0 radical (unpaired) electrons. The van der Waals surface area contributed by atoms with Crippen molar-refractivity contribution < 1.29 is 28.5 Å². The maximum Gasteiger partial charge on any atom is 0.338 e. The molecule has 8 nitrogen and oxygen atoms in total. The van der Waals surface area contributed by atoms with Gasteiger partial charge in [0.25, 0.3) is 11.6 Å². The Morgan fingerprint density at radius 3 is 2.44 bits per heavy atom. The minimum atomic E-state index is -1.73. The third kappa shape index (κ3) is 3.38. The van der Waals surface area contributed by atoms with Gasteiger partial charge in [0.2, 0.25) is 0 Å². The van der Waals surface area contributed by atoms with E-state index in [1.165, 1.54) is 4.90 Å². The summed E-state index contributed by atoms with van der Waals surface area (Å²) in [7, 11) is 0. The minimum absolute atomic E-state index is 0.0669. The van der Waals surface area contributed by atoms with Gasteiger partial charge in [-0.2, -0.15) is 0 Å². The van der Waals surface area contributed by atoms with Crippen molar-refractivity contribution in [2.45, 2.75) is 43.7 Å². The van der Waals surface area contributed by atoms with Crippen molar-refractivity contribution in [1.82, 2.24) is 5.32 Å². The van der Waals surface area contributed by atoms with E-state index in [1.807, 2.05) is 6.07 Å². The first kappa shape index (κ1) is 21.0. The fourth-order valence-electron chi connectivity index (χ4n) is 4.31. The third-order valence-electron chi connectivity index (χ3n) is 5.67. The van der Waals surface area contributed by atoms with E-state index in [0.29, 0.717) is 11.3 Å². The molecule has 3 saturated heterocycles. The lowest BCUT2D eigenvalue weighted by Crippen LogP contribution is -2.69. The van der Waals surface area contributed by atoms with Gasteiger partial charge in [-0.3, -0.25) is 9.69 Å².